The first-order chi connectivity index (χ1) is 6.83. The molecule has 2 atom stereocenters. The molecule has 0 aromatic carbocycles. The zero-order chi connectivity index (χ0) is 9.97. The normalized spacial score (nSPS) is 24.0. The molecule has 0 aliphatic carbocycles. The van der Waals surface area contributed by atoms with Gasteiger partial charge in [0.1, 0.15) is 0 Å². The number of nitrogens with two attached hydrogens (primary N) is 1. The SMILES string of the molecule is Cc1sccc1C(NN)C1CCOC1. The monoisotopic (exact) mass is 212 g/mol. The number of nitrogens with one attached hydrogen (secondary N) is 1. The molecule has 2 rings (SSSR count). The fourth-order valence-corrected chi connectivity index (χ4v) is 2.76. The van der Waals surface area contributed by atoms with E-state index in [0.717, 1.165) is 19.6 Å². The molecule has 1 aromatic heterocycles. The lowest BCUT2D eigenvalue weighted by atomic mass is 9.93. The van der Waals surface area contributed by atoms with Crippen molar-refractivity contribution in [3.63, 3.8) is 0 Å². The molecule has 2 unspecified atom stereocenters. The molecule has 1 fully saturated rings. The summed E-state index contributed by atoms with van der Waals surface area (Å²) in [5.74, 6) is 6.13. The summed E-state index contributed by atoms with van der Waals surface area (Å²) in [7, 11) is 0. The third kappa shape index (κ3) is 1.83. The highest BCUT2D eigenvalue weighted by molar-refractivity contribution is 7.10. The van der Waals surface area contributed by atoms with Crippen LogP contribution in [0.3, 0.4) is 0 Å². The first-order valence-electron chi connectivity index (χ1n) is 4.91. The smallest absolute Gasteiger partial charge is 0.0521 e. The molecule has 14 heavy (non-hydrogen) atoms. The van der Waals surface area contributed by atoms with E-state index in [4.69, 9.17) is 10.6 Å². The van der Waals surface area contributed by atoms with Crippen molar-refractivity contribution in [2.24, 2.45) is 11.8 Å². The maximum Gasteiger partial charge on any atom is 0.0521 e. The minimum absolute atomic E-state index is 0.253. The van der Waals surface area contributed by atoms with Crippen LogP contribution in [0.4, 0.5) is 0 Å². The number of hydrazine groups is 1. The second kappa shape index (κ2) is 4.40. The van der Waals surface area contributed by atoms with Gasteiger partial charge in [-0.25, -0.2) is 0 Å². The molecular weight excluding hydrogens is 196 g/mol. The highest BCUT2D eigenvalue weighted by Crippen LogP contribution is 2.31. The van der Waals surface area contributed by atoms with Crippen molar-refractivity contribution in [3.8, 4) is 0 Å². The molecular formula is C10H16N2OS. The van der Waals surface area contributed by atoms with E-state index < -0.39 is 0 Å². The zero-order valence-corrected chi connectivity index (χ0v) is 9.14. The van der Waals surface area contributed by atoms with E-state index in [9.17, 15) is 0 Å². The molecule has 0 saturated carbocycles. The third-order valence-electron chi connectivity index (χ3n) is 2.85. The number of hydrogen-bond acceptors (Lipinski definition) is 4. The van der Waals surface area contributed by atoms with Gasteiger partial charge in [0.25, 0.3) is 0 Å². The van der Waals surface area contributed by atoms with Crippen LogP contribution < -0.4 is 11.3 Å². The van der Waals surface area contributed by atoms with Crippen LogP contribution in [-0.2, 0) is 4.74 Å². The van der Waals surface area contributed by atoms with Crippen molar-refractivity contribution in [3.05, 3.63) is 21.9 Å². The zero-order valence-electron chi connectivity index (χ0n) is 8.32. The van der Waals surface area contributed by atoms with Crippen molar-refractivity contribution >= 4 is 11.3 Å². The lowest BCUT2D eigenvalue weighted by Gasteiger charge is -2.21. The Labute approximate surface area is 88.2 Å². The first kappa shape index (κ1) is 10.1. The molecule has 3 nitrogen and oxygen atoms in total. The Morgan fingerprint density at radius 1 is 1.71 bits per heavy atom. The van der Waals surface area contributed by atoms with Gasteiger partial charge >= 0.3 is 0 Å². The standard InChI is InChI=1S/C10H16N2OS/c1-7-9(3-5-14-7)10(12-11)8-2-4-13-6-8/h3,5,8,10,12H,2,4,6,11H2,1H3. The Hall–Kier alpha value is -0.420. The van der Waals surface area contributed by atoms with Gasteiger partial charge in [0.15, 0.2) is 0 Å². The molecule has 0 spiro atoms. The summed E-state index contributed by atoms with van der Waals surface area (Å²) in [4.78, 5) is 1.35. The molecule has 4 heteroatoms. The summed E-state index contributed by atoms with van der Waals surface area (Å²) in [6.45, 7) is 3.83. The van der Waals surface area contributed by atoms with Crippen LogP contribution in [0.2, 0.25) is 0 Å². The predicted octanol–water partition coefficient (Wildman–Crippen LogP) is 1.60. The number of ether oxygens (including phenoxy) is 1. The van der Waals surface area contributed by atoms with Gasteiger partial charge in [-0.2, -0.15) is 0 Å². The molecule has 1 aliphatic heterocycles. The van der Waals surface area contributed by atoms with E-state index >= 15 is 0 Å². The van der Waals surface area contributed by atoms with E-state index in [-0.39, 0.29) is 6.04 Å². The van der Waals surface area contributed by atoms with Crippen LogP contribution >= 0.6 is 11.3 Å². The highest BCUT2D eigenvalue weighted by Gasteiger charge is 2.27. The number of aryl methyl sites for hydroxylation is 1. The summed E-state index contributed by atoms with van der Waals surface area (Å²) in [5, 5.41) is 2.12. The van der Waals surface area contributed by atoms with Gasteiger partial charge in [0.05, 0.1) is 12.6 Å². The van der Waals surface area contributed by atoms with Crippen LogP contribution in [-0.4, -0.2) is 13.2 Å². The van der Waals surface area contributed by atoms with Gasteiger partial charge in [0, 0.05) is 17.4 Å². The summed E-state index contributed by atoms with van der Waals surface area (Å²) in [6, 6.07) is 2.41. The average molecular weight is 212 g/mol. The van der Waals surface area contributed by atoms with E-state index in [1.807, 2.05) is 0 Å². The largest absolute Gasteiger partial charge is 0.381 e. The predicted molar refractivity (Wildman–Crippen MR) is 58.0 cm³/mol. The van der Waals surface area contributed by atoms with Gasteiger partial charge < -0.3 is 4.74 Å². The van der Waals surface area contributed by atoms with Crippen LogP contribution in [0.1, 0.15) is 22.9 Å². The van der Waals surface area contributed by atoms with Crippen molar-refractivity contribution in [2.75, 3.05) is 13.2 Å². The Kier molecular flexibility index (Phi) is 3.18. The Morgan fingerprint density at radius 2 is 2.57 bits per heavy atom. The van der Waals surface area contributed by atoms with Crippen molar-refractivity contribution in [2.45, 2.75) is 19.4 Å². The van der Waals surface area contributed by atoms with E-state index in [0.29, 0.717) is 5.92 Å². The van der Waals surface area contributed by atoms with Gasteiger partial charge in [-0.05, 0) is 30.4 Å². The summed E-state index contributed by atoms with van der Waals surface area (Å²) in [6.07, 6.45) is 1.10. The lowest BCUT2D eigenvalue weighted by molar-refractivity contribution is 0.177. The van der Waals surface area contributed by atoms with Gasteiger partial charge in [-0.1, -0.05) is 0 Å². The maximum absolute atomic E-state index is 5.61. The molecule has 0 amide bonds. The summed E-state index contributed by atoms with van der Waals surface area (Å²) in [5.41, 5.74) is 4.24. The molecule has 0 radical (unpaired) electrons. The fraction of sp³-hybridized carbons (Fsp3) is 0.600. The Bertz CT molecular complexity index is 294. The fourth-order valence-electron chi connectivity index (χ4n) is 2.01. The minimum atomic E-state index is 0.253. The topological polar surface area (TPSA) is 47.3 Å². The minimum Gasteiger partial charge on any atom is -0.381 e. The number of rotatable bonds is 3. The first-order valence-corrected chi connectivity index (χ1v) is 5.78. The number of hydrogen-bond donors (Lipinski definition) is 2. The van der Waals surface area contributed by atoms with E-state index in [1.165, 1.54) is 10.4 Å². The van der Waals surface area contributed by atoms with Gasteiger partial charge in [0.2, 0.25) is 0 Å². The quantitative estimate of drug-likeness (QED) is 0.591. The molecule has 2 heterocycles. The van der Waals surface area contributed by atoms with Gasteiger partial charge in [-0.3, -0.25) is 11.3 Å². The summed E-state index contributed by atoms with van der Waals surface area (Å²) >= 11 is 1.77. The maximum atomic E-state index is 5.61. The lowest BCUT2D eigenvalue weighted by Crippen LogP contribution is -2.34. The van der Waals surface area contributed by atoms with Crippen LogP contribution in [0, 0.1) is 12.8 Å². The van der Waals surface area contributed by atoms with Crippen molar-refractivity contribution < 1.29 is 4.74 Å². The van der Waals surface area contributed by atoms with Crippen LogP contribution in [0.15, 0.2) is 11.4 Å². The molecule has 0 bridgehead atoms. The summed E-state index contributed by atoms with van der Waals surface area (Å²) < 4.78 is 5.39. The highest BCUT2D eigenvalue weighted by atomic mass is 32.1. The molecule has 1 aliphatic rings. The molecule has 3 N–H and O–H groups in total. The van der Waals surface area contributed by atoms with E-state index in [1.54, 1.807) is 11.3 Å². The molecule has 1 saturated heterocycles. The van der Waals surface area contributed by atoms with E-state index in [2.05, 4.69) is 23.8 Å². The van der Waals surface area contributed by atoms with Crippen LogP contribution in [0.5, 0.6) is 0 Å². The molecule has 78 valence electrons. The second-order valence-electron chi connectivity index (χ2n) is 3.70. The van der Waals surface area contributed by atoms with Crippen molar-refractivity contribution in [1.29, 1.82) is 0 Å². The van der Waals surface area contributed by atoms with Crippen LogP contribution in [0.25, 0.3) is 0 Å². The van der Waals surface area contributed by atoms with Crippen molar-refractivity contribution in [1.82, 2.24) is 5.43 Å². The molecule has 1 aromatic rings. The third-order valence-corrected chi connectivity index (χ3v) is 3.71. The Morgan fingerprint density at radius 3 is 3.07 bits per heavy atom. The number of thiophene rings is 1. The Balaban J connectivity index is 2.16. The second-order valence-corrected chi connectivity index (χ2v) is 4.82. The average Bonchev–Trinajstić information content (AvgIpc) is 2.80. The van der Waals surface area contributed by atoms with Gasteiger partial charge in [-0.15, -0.1) is 11.3 Å².